The van der Waals surface area contributed by atoms with Crippen LogP contribution in [0.15, 0.2) is 45.4 Å². The SMILES string of the molecule is Oc1cc(O)cc(-c2nc(-c3ccc(F)cc3Br)no2)c1. The lowest BCUT2D eigenvalue weighted by Gasteiger charge is -1.99. The van der Waals surface area contributed by atoms with Crippen molar-refractivity contribution in [2.75, 3.05) is 0 Å². The smallest absolute Gasteiger partial charge is 0.258 e. The number of nitrogens with zero attached hydrogens (tertiary/aromatic N) is 2. The number of phenols is 2. The van der Waals surface area contributed by atoms with Crippen molar-refractivity contribution in [3.05, 3.63) is 46.7 Å². The molecule has 5 nitrogen and oxygen atoms in total. The van der Waals surface area contributed by atoms with Gasteiger partial charge in [0.05, 0.1) is 0 Å². The lowest BCUT2D eigenvalue weighted by molar-refractivity contribution is 0.428. The zero-order chi connectivity index (χ0) is 15.0. The van der Waals surface area contributed by atoms with E-state index in [1.807, 2.05) is 0 Å². The molecule has 21 heavy (non-hydrogen) atoms. The molecule has 0 bridgehead atoms. The molecule has 106 valence electrons. The summed E-state index contributed by atoms with van der Waals surface area (Å²) < 4.78 is 18.7. The zero-order valence-corrected chi connectivity index (χ0v) is 12.0. The van der Waals surface area contributed by atoms with Gasteiger partial charge in [0, 0.05) is 21.7 Å². The van der Waals surface area contributed by atoms with Gasteiger partial charge in [0.15, 0.2) is 0 Å². The molecular weight excluding hydrogens is 343 g/mol. The minimum absolute atomic E-state index is 0.118. The first-order valence-electron chi connectivity index (χ1n) is 5.85. The van der Waals surface area contributed by atoms with Crippen LogP contribution in [0.2, 0.25) is 0 Å². The fourth-order valence-electron chi connectivity index (χ4n) is 1.84. The first kappa shape index (κ1) is 13.6. The number of halogens is 2. The van der Waals surface area contributed by atoms with Crippen LogP contribution < -0.4 is 0 Å². The summed E-state index contributed by atoms with van der Waals surface area (Å²) in [5, 5.41) is 22.7. The Hall–Kier alpha value is -2.41. The van der Waals surface area contributed by atoms with Crippen molar-refractivity contribution in [2.24, 2.45) is 0 Å². The van der Waals surface area contributed by atoms with Crippen LogP contribution in [0.25, 0.3) is 22.8 Å². The minimum atomic E-state index is -0.382. The molecule has 0 saturated heterocycles. The lowest BCUT2D eigenvalue weighted by Crippen LogP contribution is -1.84. The topological polar surface area (TPSA) is 79.4 Å². The Labute approximate surface area is 126 Å². The molecule has 2 aromatic carbocycles. The molecule has 0 aliphatic heterocycles. The molecule has 1 aromatic heterocycles. The molecular formula is C14H8BrFN2O3. The Bertz CT molecular complexity index is 799. The highest BCUT2D eigenvalue weighted by Gasteiger charge is 2.14. The van der Waals surface area contributed by atoms with Crippen LogP contribution in [-0.4, -0.2) is 20.4 Å². The molecule has 0 radical (unpaired) electrons. The van der Waals surface area contributed by atoms with E-state index in [-0.39, 0.29) is 29.0 Å². The van der Waals surface area contributed by atoms with Gasteiger partial charge in [-0.05, 0) is 46.3 Å². The summed E-state index contributed by atoms with van der Waals surface area (Å²) in [6.45, 7) is 0. The summed E-state index contributed by atoms with van der Waals surface area (Å²) in [4.78, 5) is 4.17. The second-order valence-corrected chi connectivity index (χ2v) is 5.14. The summed E-state index contributed by atoms with van der Waals surface area (Å²) in [7, 11) is 0. The van der Waals surface area contributed by atoms with Crippen LogP contribution in [-0.2, 0) is 0 Å². The van der Waals surface area contributed by atoms with Gasteiger partial charge in [-0.2, -0.15) is 4.98 Å². The van der Waals surface area contributed by atoms with E-state index in [0.717, 1.165) is 0 Å². The number of rotatable bonds is 2. The largest absolute Gasteiger partial charge is 0.508 e. The molecule has 0 unspecified atom stereocenters. The van der Waals surface area contributed by atoms with Crippen molar-refractivity contribution >= 4 is 15.9 Å². The van der Waals surface area contributed by atoms with Gasteiger partial charge >= 0.3 is 0 Å². The standard InChI is InChI=1S/C14H8BrFN2O3/c15-12-5-8(16)1-2-11(12)13-17-14(21-18-13)7-3-9(19)6-10(20)4-7/h1-6,19-20H. The number of hydrogen-bond donors (Lipinski definition) is 2. The fourth-order valence-corrected chi connectivity index (χ4v) is 2.37. The third kappa shape index (κ3) is 2.73. The Morgan fingerprint density at radius 1 is 1.05 bits per heavy atom. The average molecular weight is 351 g/mol. The van der Waals surface area contributed by atoms with Crippen LogP contribution in [0.5, 0.6) is 11.5 Å². The van der Waals surface area contributed by atoms with Gasteiger partial charge in [0.1, 0.15) is 17.3 Å². The van der Waals surface area contributed by atoms with E-state index in [4.69, 9.17) is 4.52 Å². The Morgan fingerprint density at radius 3 is 2.43 bits per heavy atom. The molecule has 0 amide bonds. The molecule has 0 aliphatic carbocycles. The summed E-state index contributed by atoms with van der Waals surface area (Å²) >= 11 is 3.23. The molecule has 0 spiro atoms. The number of hydrogen-bond acceptors (Lipinski definition) is 5. The first-order chi connectivity index (χ1) is 10.0. The molecule has 0 saturated carbocycles. The van der Waals surface area contributed by atoms with E-state index in [0.29, 0.717) is 15.6 Å². The highest BCUT2D eigenvalue weighted by atomic mass is 79.9. The number of benzene rings is 2. The minimum Gasteiger partial charge on any atom is -0.508 e. The summed E-state index contributed by atoms with van der Waals surface area (Å²) in [5.41, 5.74) is 0.945. The van der Waals surface area contributed by atoms with Crippen molar-refractivity contribution in [1.29, 1.82) is 0 Å². The highest BCUT2D eigenvalue weighted by Crippen LogP contribution is 2.31. The van der Waals surface area contributed by atoms with E-state index in [9.17, 15) is 14.6 Å². The normalized spacial score (nSPS) is 10.8. The molecule has 2 N–H and O–H groups in total. The second kappa shape index (κ2) is 5.17. The highest BCUT2D eigenvalue weighted by molar-refractivity contribution is 9.10. The third-order valence-corrected chi connectivity index (χ3v) is 3.40. The van der Waals surface area contributed by atoms with Crippen molar-refractivity contribution in [1.82, 2.24) is 10.1 Å². The Balaban J connectivity index is 2.03. The van der Waals surface area contributed by atoms with E-state index >= 15 is 0 Å². The molecule has 0 fully saturated rings. The van der Waals surface area contributed by atoms with Gasteiger partial charge in [-0.25, -0.2) is 4.39 Å². The van der Waals surface area contributed by atoms with Crippen LogP contribution in [0.4, 0.5) is 4.39 Å². The number of aromatic hydroxyl groups is 2. The van der Waals surface area contributed by atoms with Gasteiger partial charge in [-0.3, -0.25) is 0 Å². The molecule has 0 aliphatic rings. The van der Waals surface area contributed by atoms with Gasteiger partial charge in [-0.1, -0.05) is 5.16 Å². The molecule has 3 rings (SSSR count). The zero-order valence-electron chi connectivity index (χ0n) is 10.4. The monoisotopic (exact) mass is 350 g/mol. The van der Waals surface area contributed by atoms with Gasteiger partial charge in [0.25, 0.3) is 5.89 Å². The maximum absolute atomic E-state index is 13.1. The van der Waals surface area contributed by atoms with Crippen molar-refractivity contribution < 1.29 is 19.1 Å². The van der Waals surface area contributed by atoms with Crippen LogP contribution in [0.1, 0.15) is 0 Å². The predicted molar refractivity (Wildman–Crippen MR) is 76.2 cm³/mol. The fraction of sp³-hybridized carbons (Fsp3) is 0. The van der Waals surface area contributed by atoms with Crippen LogP contribution in [0, 0.1) is 5.82 Å². The molecule has 0 atom stereocenters. The summed E-state index contributed by atoms with van der Waals surface area (Å²) in [5.74, 6) is -0.222. The van der Waals surface area contributed by atoms with Gasteiger partial charge in [0.2, 0.25) is 5.82 Å². The quantitative estimate of drug-likeness (QED) is 0.736. The van der Waals surface area contributed by atoms with Crippen LogP contribution in [0.3, 0.4) is 0 Å². The van der Waals surface area contributed by atoms with Gasteiger partial charge in [-0.15, -0.1) is 0 Å². The Kier molecular flexibility index (Phi) is 3.34. The first-order valence-corrected chi connectivity index (χ1v) is 6.65. The van der Waals surface area contributed by atoms with Crippen LogP contribution >= 0.6 is 15.9 Å². The predicted octanol–water partition coefficient (Wildman–Crippen LogP) is 3.72. The van der Waals surface area contributed by atoms with E-state index in [2.05, 4.69) is 26.1 Å². The van der Waals surface area contributed by atoms with E-state index < -0.39 is 0 Å². The molecule has 7 heteroatoms. The number of phenolic OH excluding ortho intramolecular Hbond substituents is 2. The maximum Gasteiger partial charge on any atom is 0.258 e. The lowest BCUT2D eigenvalue weighted by atomic mass is 10.2. The third-order valence-electron chi connectivity index (χ3n) is 2.75. The van der Waals surface area contributed by atoms with Gasteiger partial charge < -0.3 is 14.7 Å². The maximum atomic E-state index is 13.1. The summed E-state index contributed by atoms with van der Waals surface area (Å²) in [6, 6.07) is 8.07. The van der Waals surface area contributed by atoms with Crippen molar-refractivity contribution in [2.45, 2.75) is 0 Å². The molecule has 1 heterocycles. The number of aromatic nitrogens is 2. The Morgan fingerprint density at radius 2 is 1.76 bits per heavy atom. The van der Waals surface area contributed by atoms with E-state index in [1.54, 1.807) is 0 Å². The van der Waals surface area contributed by atoms with E-state index in [1.165, 1.54) is 36.4 Å². The average Bonchev–Trinajstić information content (AvgIpc) is 2.87. The second-order valence-electron chi connectivity index (χ2n) is 4.29. The van der Waals surface area contributed by atoms with Crippen molar-refractivity contribution in [3.8, 4) is 34.3 Å². The summed E-state index contributed by atoms with van der Waals surface area (Å²) in [6.07, 6.45) is 0. The molecule has 3 aromatic rings. The van der Waals surface area contributed by atoms with Crippen molar-refractivity contribution in [3.63, 3.8) is 0 Å².